The summed E-state index contributed by atoms with van der Waals surface area (Å²) in [6, 6.07) is 9.54. The molecule has 0 saturated carbocycles. The zero-order valence-corrected chi connectivity index (χ0v) is 10.6. The Morgan fingerprint density at radius 3 is 2.58 bits per heavy atom. The van der Waals surface area contributed by atoms with E-state index in [2.05, 4.69) is 6.58 Å². The fraction of sp³-hybridized carbons (Fsp3) is 0.286. The summed E-state index contributed by atoms with van der Waals surface area (Å²) in [5.74, 6) is -1.07. The van der Waals surface area contributed by atoms with Crippen LogP contribution in [0.3, 0.4) is 0 Å². The lowest BCUT2D eigenvalue weighted by Crippen LogP contribution is -2.37. The van der Waals surface area contributed by atoms with Gasteiger partial charge in [-0.1, -0.05) is 43.0 Å². The Morgan fingerprint density at radius 1 is 1.32 bits per heavy atom. The molecule has 0 unspecified atom stereocenters. The lowest BCUT2D eigenvalue weighted by atomic mass is 10.1. The van der Waals surface area contributed by atoms with Crippen LogP contribution in [0.1, 0.15) is 5.56 Å². The molecule has 0 aromatic heterocycles. The standard InChI is InChI=1S/C14H17NO4/c1-2-10-19-14(18)15(11-13(16)17)9-8-12-6-4-3-5-7-12/h2-7H,1,8-11H2,(H,16,17). The molecule has 0 aliphatic heterocycles. The summed E-state index contributed by atoms with van der Waals surface area (Å²) >= 11 is 0. The van der Waals surface area contributed by atoms with Gasteiger partial charge in [0.25, 0.3) is 0 Å². The molecule has 5 nitrogen and oxygen atoms in total. The molecule has 0 radical (unpaired) electrons. The molecule has 1 aromatic carbocycles. The summed E-state index contributed by atoms with van der Waals surface area (Å²) in [6.45, 7) is 3.43. The fourth-order valence-corrected chi connectivity index (χ4v) is 1.53. The van der Waals surface area contributed by atoms with Crippen LogP contribution in [0.5, 0.6) is 0 Å². The Morgan fingerprint density at radius 2 is 2.00 bits per heavy atom. The molecule has 0 bridgehead atoms. The van der Waals surface area contributed by atoms with Crippen LogP contribution in [-0.4, -0.2) is 41.8 Å². The van der Waals surface area contributed by atoms with Crippen molar-refractivity contribution in [1.29, 1.82) is 0 Å². The maximum atomic E-state index is 11.7. The van der Waals surface area contributed by atoms with Crippen molar-refractivity contribution in [2.75, 3.05) is 19.7 Å². The summed E-state index contributed by atoms with van der Waals surface area (Å²) < 4.78 is 4.85. The Balaban J connectivity index is 2.56. The zero-order chi connectivity index (χ0) is 14.1. The highest BCUT2D eigenvalue weighted by molar-refractivity contribution is 5.76. The second kappa shape index (κ2) is 7.92. The third-order valence-corrected chi connectivity index (χ3v) is 2.42. The molecule has 5 heteroatoms. The first kappa shape index (κ1) is 14.8. The van der Waals surface area contributed by atoms with Crippen LogP contribution in [0.25, 0.3) is 0 Å². The molecule has 0 heterocycles. The van der Waals surface area contributed by atoms with Gasteiger partial charge in [-0.3, -0.25) is 9.69 Å². The van der Waals surface area contributed by atoms with Gasteiger partial charge in [-0.25, -0.2) is 4.79 Å². The maximum Gasteiger partial charge on any atom is 0.410 e. The van der Waals surface area contributed by atoms with Crippen LogP contribution in [0.4, 0.5) is 4.79 Å². The Hall–Kier alpha value is -2.30. The number of carboxylic acids is 1. The molecule has 1 amide bonds. The van der Waals surface area contributed by atoms with Crippen LogP contribution >= 0.6 is 0 Å². The molecule has 0 spiro atoms. The zero-order valence-electron chi connectivity index (χ0n) is 10.6. The molecular formula is C14H17NO4. The first-order chi connectivity index (χ1) is 9.13. The molecule has 0 saturated heterocycles. The number of carbonyl (C=O) groups excluding carboxylic acids is 1. The van der Waals surface area contributed by atoms with Crippen molar-refractivity contribution in [3.05, 3.63) is 48.6 Å². The first-order valence-corrected chi connectivity index (χ1v) is 5.92. The summed E-state index contributed by atoms with van der Waals surface area (Å²) in [4.78, 5) is 23.5. The average Bonchev–Trinajstić information content (AvgIpc) is 2.41. The lowest BCUT2D eigenvalue weighted by Gasteiger charge is -2.19. The molecule has 0 aliphatic carbocycles. The summed E-state index contributed by atoms with van der Waals surface area (Å²) in [6.07, 6.45) is 1.38. The van der Waals surface area contributed by atoms with E-state index in [1.807, 2.05) is 30.3 Å². The van der Waals surface area contributed by atoms with E-state index in [-0.39, 0.29) is 13.2 Å². The predicted octanol–water partition coefficient (Wildman–Crippen LogP) is 1.94. The highest BCUT2D eigenvalue weighted by Crippen LogP contribution is 2.03. The second-order valence-electron chi connectivity index (χ2n) is 3.92. The number of aliphatic carboxylic acids is 1. The number of carboxylic acid groups (broad SMARTS) is 1. The minimum Gasteiger partial charge on any atom is -0.480 e. The Kier molecular flexibility index (Phi) is 6.15. The Bertz CT molecular complexity index is 430. The number of rotatable bonds is 7. The van der Waals surface area contributed by atoms with Crippen molar-refractivity contribution >= 4 is 12.1 Å². The van der Waals surface area contributed by atoms with Crippen molar-refractivity contribution in [2.45, 2.75) is 6.42 Å². The molecule has 1 N–H and O–H groups in total. The number of carbonyl (C=O) groups is 2. The quantitative estimate of drug-likeness (QED) is 0.763. The smallest absolute Gasteiger partial charge is 0.410 e. The molecule has 0 fully saturated rings. The number of benzene rings is 1. The van der Waals surface area contributed by atoms with Gasteiger partial charge in [0.05, 0.1) is 0 Å². The number of hydrogen-bond donors (Lipinski definition) is 1. The van der Waals surface area contributed by atoms with E-state index in [1.54, 1.807) is 0 Å². The van der Waals surface area contributed by atoms with Crippen LogP contribution in [0.2, 0.25) is 0 Å². The van der Waals surface area contributed by atoms with E-state index in [0.29, 0.717) is 13.0 Å². The normalized spacial score (nSPS) is 9.68. The van der Waals surface area contributed by atoms with Crippen LogP contribution in [-0.2, 0) is 16.0 Å². The number of hydrogen-bond acceptors (Lipinski definition) is 3. The van der Waals surface area contributed by atoms with Gasteiger partial charge in [0.1, 0.15) is 13.2 Å². The third kappa shape index (κ3) is 5.72. The van der Waals surface area contributed by atoms with Crippen LogP contribution < -0.4 is 0 Å². The van der Waals surface area contributed by atoms with E-state index in [4.69, 9.17) is 9.84 Å². The van der Waals surface area contributed by atoms with E-state index in [0.717, 1.165) is 5.56 Å². The third-order valence-electron chi connectivity index (χ3n) is 2.42. The largest absolute Gasteiger partial charge is 0.480 e. The van der Waals surface area contributed by atoms with E-state index >= 15 is 0 Å². The van der Waals surface area contributed by atoms with Gasteiger partial charge in [-0.15, -0.1) is 0 Å². The van der Waals surface area contributed by atoms with Gasteiger partial charge in [0.2, 0.25) is 0 Å². The Labute approximate surface area is 112 Å². The monoisotopic (exact) mass is 263 g/mol. The maximum absolute atomic E-state index is 11.7. The SMILES string of the molecule is C=CCOC(=O)N(CCc1ccccc1)CC(=O)O. The molecule has 1 aromatic rings. The van der Waals surface area contributed by atoms with Gasteiger partial charge in [0, 0.05) is 6.54 Å². The van der Waals surface area contributed by atoms with E-state index in [9.17, 15) is 9.59 Å². The molecule has 102 valence electrons. The average molecular weight is 263 g/mol. The lowest BCUT2D eigenvalue weighted by molar-refractivity contribution is -0.138. The molecule has 0 aliphatic rings. The van der Waals surface area contributed by atoms with Crippen molar-refractivity contribution < 1.29 is 19.4 Å². The van der Waals surface area contributed by atoms with Crippen molar-refractivity contribution in [3.8, 4) is 0 Å². The van der Waals surface area contributed by atoms with Crippen molar-refractivity contribution in [2.24, 2.45) is 0 Å². The summed E-state index contributed by atoms with van der Waals surface area (Å²) in [5.41, 5.74) is 1.04. The predicted molar refractivity (Wildman–Crippen MR) is 70.9 cm³/mol. The highest BCUT2D eigenvalue weighted by atomic mass is 16.6. The number of nitrogens with zero attached hydrogens (tertiary/aromatic N) is 1. The molecule has 19 heavy (non-hydrogen) atoms. The molecule has 1 rings (SSSR count). The van der Waals surface area contributed by atoms with Gasteiger partial charge in [-0.05, 0) is 12.0 Å². The van der Waals surface area contributed by atoms with Gasteiger partial charge in [-0.2, -0.15) is 0 Å². The minimum atomic E-state index is -1.07. The molecule has 0 atom stereocenters. The van der Waals surface area contributed by atoms with Crippen molar-refractivity contribution in [1.82, 2.24) is 4.90 Å². The summed E-state index contributed by atoms with van der Waals surface area (Å²) in [5, 5.41) is 8.79. The molecular weight excluding hydrogens is 246 g/mol. The van der Waals surface area contributed by atoms with Gasteiger partial charge < -0.3 is 9.84 Å². The van der Waals surface area contributed by atoms with E-state index < -0.39 is 12.1 Å². The van der Waals surface area contributed by atoms with E-state index in [1.165, 1.54) is 11.0 Å². The highest BCUT2D eigenvalue weighted by Gasteiger charge is 2.17. The fourth-order valence-electron chi connectivity index (χ4n) is 1.53. The second-order valence-corrected chi connectivity index (χ2v) is 3.92. The van der Waals surface area contributed by atoms with Gasteiger partial charge >= 0.3 is 12.1 Å². The van der Waals surface area contributed by atoms with Crippen molar-refractivity contribution in [3.63, 3.8) is 0 Å². The summed E-state index contributed by atoms with van der Waals surface area (Å²) in [7, 11) is 0. The van der Waals surface area contributed by atoms with Crippen LogP contribution in [0, 0.1) is 0 Å². The number of amides is 1. The first-order valence-electron chi connectivity index (χ1n) is 5.92. The number of ether oxygens (including phenoxy) is 1. The minimum absolute atomic E-state index is 0.0697. The van der Waals surface area contributed by atoms with Crippen LogP contribution in [0.15, 0.2) is 43.0 Å². The topological polar surface area (TPSA) is 66.8 Å². The van der Waals surface area contributed by atoms with Gasteiger partial charge in [0.15, 0.2) is 0 Å².